The van der Waals surface area contributed by atoms with E-state index in [1.165, 1.54) is 7.11 Å². The van der Waals surface area contributed by atoms with Crippen molar-refractivity contribution < 1.29 is 19.1 Å². The SMILES string of the molecule is COc1ccc(/C=C2/NC(=O)N(CCCCl)C2=O)cc1OC. The summed E-state index contributed by atoms with van der Waals surface area (Å²) in [6, 6.07) is 4.81. The summed E-state index contributed by atoms with van der Waals surface area (Å²) in [6.45, 7) is 0.303. The summed E-state index contributed by atoms with van der Waals surface area (Å²) < 4.78 is 10.4. The first kappa shape index (κ1) is 16.2. The minimum Gasteiger partial charge on any atom is -0.493 e. The number of amides is 3. The number of nitrogens with one attached hydrogen (secondary N) is 1. The van der Waals surface area contributed by atoms with Crippen molar-refractivity contribution >= 4 is 29.6 Å². The van der Waals surface area contributed by atoms with Gasteiger partial charge in [0.2, 0.25) is 0 Å². The molecule has 0 atom stereocenters. The van der Waals surface area contributed by atoms with Crippen molar-refractivity contribution in [3.8, 4) is 11.5 Å². The minimum absolute atomic E-state index is 0.229. The number of halogens is 1. The Hall–Kier alpha value is -2.21. The molecule has 0 unspecified atom stereocenters. The zero-order valence-corrected chi connectivity index (χ0v) is 13.1. The molecule has 1 aromatic carbocycles. The number of carbonyl (C=O) groups is 2. The van der Waals surface area contributed by atoms with Crippen LogP contribution in [0, 0.1) is 0 Å². The van der Waals surface area contributed by atoms with E-state index in [0.717, 1.165) is 10.5 Å². The van der Waals surface area contributed by atoms with Crippen LogP contribution in [0.1, 0.15) is 12.0 Å². The van der Waals surface area contributed by atoms with Crippen LogP contribution in [0.2, 0.25) is 0 Å². The molecule has 1 aromatic rings. The highest BCUT2D eigenvalue weighted by Crippen LogP contribution is 2.28. The topological polar surface area (TPSA) is 67.9 Å². The highest BCUT2D eigenvalue weighted by Gasteiger charge is 2.32. The smallest absolute Gasteiger partial charge is 0.329 e. The second-order valence-electron chi connectivity index (χ2n) is 4.60. The number of benzene rings is 1. The van der Waals surface area contributed by atoms with Gasteiger partial charge in [0.05, 0.1) is 14.2 Å². The van der Waals surface area contributed by atoms with Gasteiger partial charge in [-0.05, 0) is 30.2 Å². The molecule has 0 aromatic heterocycles. The molecule has 0 radical (unpaired) electrons. The maximum atomic E-state index is 12.2. The van der Waals surface area contributed by atoms with Crippen LogP contribution < -0.4 is 14.8 Å². The Bertz CT molecular complexity index is 616. The number of methoxy groups -OCH3 is 2. The summed E-state index contributed by atoms with van der Waals surface area (Å²) in [5, 5.41) is 2.56. The third kappa shape index (κ3) is 3.33. The highest BCUT2D eigenvalue weighted by molar-refractivity contribution is 6.18. The van der Waals surface area contributed by atoms with Crippen LogP contribution in [0.3, 0.4) is 0 Å². The number of hydrogen-bond donors (Lipinski definition) is 1. The van der Waals surface area contributed by atoms with Gasteiger partial charge in [0.25, 0.3) is 5.91 Å². The quantitative estimate of drug-likeness (QED) is 0.495. The molecule has 0 aliphatic carbocycles. The standard InChI is InChI=1S/C15H17ClN2O4/c1-21-12-5-4-10(9-13(12)22-2)8-11-14(19)18(7-3-6-16)15(20)17-11/h4-5,8-9H,3,6-7H2,1-2H3,(H,17,20)/b11-8+. The number of carbonyl (C=O) groups excluding carboxylic acids is 2. The Morgan fingerprint density at radius 2 is 1.95 bits per heavy atom. The van der Waals surface area contributed by atoms with Gasteiger partial charge >= 0.3 is 6.03 Å². The van der Waals surface area contributed by atoms with Crippen molar-refractivity contribution in [1.82, 2.24) is 10.2 Å². The number of rotatable bonds is 6. The van der Waals surface area contributed by atoms with E-state index >= 15 is 0 Å². The van der Waals surface area contributed by atoms with Gasteiger partial charge < -0.3 is 14.8 Å². The van der Waals surface area contributed by atoms with Crippen molar-refractivity contribution in [2.24, 2.45) is 0 Å². The Morgan fingerprint density at radius 3 is 2.59 bits per heavy atom. The minimum atomic E-state index is -0.429. The normalized spacial score (nSPS) is 16.1. The summed E-state index contributed by atoms with van der Waals surface area (Å²) in [6.07, 6.45) is 2.16. The lowest BCUT2D eigenvalue weighted by molar-refractivity contribution is -0.122. The second-order valence-corrected chi connectivity index (χ2v) is 4.98. The lowest BCUT2D eigenvalue weighted by atomic mass is 10.1. The van der Waals surface area contributed by atoms with Gasteiger partial charge in [0.1, 0.15) is 5.70 Å². The fraction of sp³-hybridized carbons (Fsp3) is 0.333. The zero-order valence-electron chi connectivity index (χ0n) is 12.4. The third-order valence-corrected chi connectivity index (χ3v) is 3.46. The van der Waals surface area contributed by atoms with Gasteiger partial charge in [0, 0.05) is 12.4 Å². The van der Waals surface area contributed by atoms with Crippen LogP contribution in [0.25, 0.3) is 6.08 Å². The number of alkyl halides is 1. The summed E-state index contributed by atoms with van der Waals surface area (Å²) in [5.41, 5.74) is 0.951. The van der Waals surface area contributed by atoms with E-state index in [1.807, 2.05) is 0 Å². The maximum Gasteiger partial charge on any atom is 0.329 e. The van der Waals surface area contributed by atoms with Gasteiger partial charge in [-0.2, -0.15) is 0 Å². The van der Waals surface area contributed by atoms with Gasteiger partial charge in [0.15, 0.2) is 11.5 Å². The number of nitrogens with zero attached hydrogens (tertiary/aromatic N) is 1. The fourth-order valence-corrected chi connectivity index (χ4v) is 2.22. The zero-order chi connectivity index (χ0) is 16.1. The molecular weight excluding hydrogens is 308 g/mol. The van der Waals surface area contributed by atoms with Gasteiger partial charge in [-0.15, -0.1) is 11.6 Å². The highest BCUT2D eigenvalue weighted by atomic mass is 35.5. The molecule has 3 amide bonds. The van der Waals surface area contributed by atoms with Crippen molar-refractivity contribution in [3.63, 3.8) is 0 Å². The Balaban J connectivity index is 2.23. The number of ether oxygens (including phenoxy) is 2. The monoisotopic (exact) mass is 324 g/mol. The average molecular weight is 325 g/mol. The first-order chi connectivity index (χ1) is 10.6. The maximum absolute atomic E-state index is 12.2. The molecule has 6 nitrogen and oxygen atoms in total. The summed E-state index contributed by atoms with van der Waals surface area (Å²) >= 11 is 5.59. The van der Waals surface area contributed by atoms with Gasteiger partial charge in [-0.25, -0.2) is 4.79 Å². The lowest BCUT2D eigenvalue weighted by Gasteiger charge is -2.09. The number of urea groups is 1. The summed E-state index contributed by atoms with van der Waals surface area (Å²) in [7, 11) is 3.08. The molecule has 7 heteroatoms. The van der Waals surface area contributed by atoms with E-state index in [9.17, 15) is 9.59 Å². The second kappa shape index (κ2) is 7.17. The summed E-state index contributed by atoms with van der Waals surface area (Å²) in [5.74, 6) is 1.18. The molecule has 2 rings (SSSR count). The van der Waals surface area contributed by atoms with Crippen molar-refractivity contribution in [2.75, 3.05) is 26.6 Å². The van der Waals surface area contributed by atoms with E-state index < -0.39 is 6.03 Å². The predicted octanol–water partition coefficient (Wildman–Crippen LogP) is 2.23. The van der Waals surface area contributed by atoms with Crippen LogP contribution in [-0.2, 0) is 4.79 Å². The van der Waals surface area contributed by atoms with Gasteiger partial charge in [-0.1, -0.05) is 6.07 Å². The van der Waals surface area contributed by atoms with Crippen LogP contribution in [0.4, 0.5) is 4.79 Å². The van der Waals surface area contributed by atoms with Crippen molar-refractivity contribution in [3.05, 3.63) is 29.5 Å². The average Bonchev–Trinajstić information content (AvgIpc) is 2.79. The first-order valence-corrected chi connectivity index (χ1v) is 7.26. The number of imide groups is 1. The first-order valence-electron chi connectivity index (χ1n) is 6.73. The van der Waals surface area contributed by atoms with E-state index in [1.54, 1.807) is 31.4 Å². The van der Waals surface area contributed by atoms with Gasteiger partial charge in [-0.3, -0.25) is 9.69 Å². The molecule has 1 aliphatic heterocycles. The van der Waals surface area contributed by atoms with E-state index in [-0.39, 0.29) is 11.6 Å². The van der Waals surface area contributed by atoms with Crippen LogP contribution >= 0.6 is 11.6 Å². The molecule has 1 fully saturated rings. The Labute approximate surface area is 133 Å². The third-order valence-electron chi connectivity index (χ3n) is 3.20. The molecule has 1 N–H and O–H groups in total. The molecular formula is C15H17ClN2O4. The largest absolute Gasteiger partial charge is 0.493 e. The molecule has 0 spiro atoms. The van der Waals surface area contributed by atoms with Crippen molar-refractivity contribution in [1.29, 1.82) is 0 Å². The van der Waals surface area contributed by atoms with Crippen LogP contribution in [-0.4, -0.2) is 43.5 Å². The van der Waals surface area contributed by atoms with E-state index in [2.05, 4.69) is 5.32 Å². The molecule has 1 saturated heterocycles. The predicted molar refractivity (Wildman–Crippen MR) is 83.1 cm³/mol. The van der Waals surface area contributed by atoms with E-state index in [4.69, 9.17) is 21.1 Å². The van der Waals surface area contributed by atoms with E-state index in [0.29, 0.717) is 30.3 Å². The molecule has 0 saturated carbocycles. The Morgan fingerprint density at radius 1 is 1.23 bits per heavy atom. The fourth-order valence-electron chi connectivity index (χ4n) is 2.10. The van der Waals surface area contributed by atoms with Crippen LogP contribution in [0.5, 0.6) is 11.5 Å². The number of hydrogen-bond acceptors (Lipinski definition) is 4. The van der Waals surface area contributed by atoms with Crippen LogP contribution in [0.15, 0.2) is 23.9 Å². The lowest BCUT2D eigenvalue weighted by Crippen LogP contribution is -2.31. The molecule has 22 heavy (non-hydrogen) atoms. The molecule has 118 valence electrons. The Kier molecular flexibility index (Phi) is 5.27. The van der Waals surface area contributed by atoms with Crippen molar-refractivity contribution in [2.45, 2.75) is 6.42 Å². The molecule has 1 aliphatic rings. The molecule has 0 bridgehead atoms. The molecule has 1 heterocycles. The summed E-state index contributed by atoms with van der Waals surface area (Å²) in [4.78, 5) is 25.1.